The molecule has 18 heterocycles. The van der Waals surface area contributed by atoms with E-state index in [2.05, 4.69) is 310 Å². The number of hydrogen-bond acceptors (Lipinski definition) is 25. The molecular weight excluding hydrogens is 2210 g/mol. The number of aromatic amines is 7. The molecule has 24 rings (SSSR count). The molecule has 0 aliphatic carbocycles. The molecule has 0 saturated carbocycles. The van der Waals surface area contributed by atoms with E-state index in [1.807, 2.05) is 165 Å². The minimum Gasteiger partial charge on any atom is -0.472 e. The van der Waals surface area contributed by atoms with Crippen molar-refractivity contribution in [3.8, 4) is 68.3 Å². The Morgan fingerprint density at radius 3 is 0.965 bits per heavy atom. The molecule has 0 radical (unpaired) electrons. The van der Waals surface area contributed by atoms with Crippen molar-refractivity contribution in [3.05, 3.63) is 380 Å². The van der Waals surface area contributed by atoms with Crippen molar-refractivity contribution >= 4 is 219 Å². The molecule has 18 aromatic heterocycles. The number of fused-ring (bicyclic) bond motifs is 6. The molecular formula is C103H82Br6N26O4S2. The molecule has 6 aromatic carbocycles. The number of halogens is 6. The SMILES string of the molecule is Brc1cnc2nc(-c3ccc(NCc4ccco4)cc3)[nH]c2c1.Brc1cnc2nc(-c3ccc(NCc4cccs4)cc3)[nH]c2c1.Brc1cnc2nc(-c3ccc(NCc4ccoc4)cc3)[nH]c2c1.Brc1cnc2nc(-c3ccc(NCc4ccsc4)cc3)[nH]c2c1.Cc1[nH]cnc1CNc1ccc(-c2nc3ncc(Br)cc3[nH]2)cc1.OCc1ccc(CNc2ccc(-c3nc4ncc(Br)cc4[nH]3)cc2)o1. The summed E-state index contributed by atoms with van der Waals surface area (Å²) in [5, 5.41) is 35.5. The normalized spacial score (nSPS) is 11.0. The standard InChI is InChI=1S/C18H15BrN4O2.C17H15BrN6.2C17H13BrN4O.2C17H13BrN4S/c19-12-7-16-18(21-8-12)23-17(22-16)11-1-3-13(4-2-11)20-9-14-5-6-15(10-24)25-14;1-10-15(22-9-21-10)8-19-13-4-2-11(3-5-13)16-23-14-6-12(18)7-20-17(14)24-16;18-13-7-15-17(20-9-13)22-16(21-15)12-1-3-14(4-2-12)19-8-11-5-6-23-10-11;18-12-8-15-17(20-9-12)22-16(21-15)11-3-5-13(6-4-11)19-10-14-2-1-7-23-14;18-13-7-15-17(20-9-13)22-16(21-15)12-1-3-14(4-2-12)19-8-11-5-6-23-10-11;18-12-8-15-17(20-9-12)22-16(21-15)11-3-5-13(6-4-11)19-10-14-2-1-7-23-14/h1-8,20,24H,9-10H2,(H,21,22,23);2-7,9,19H,8H2,1H3,(H,21,22)(H,20,23,24);1-7,9-10,19H,8H2,(H,20,21,22);1-9,19H,10H2,(H,20,21,22);1-7,9-10,19H,8H2,(H,20,21,22);1-9,19H,10H2,(H,20,21,22). The third-order valence-corrected chi connectivity index (χ3v) is 26.0. The van der Waals surface area contributed by atoms with Gasteiger partial charge in [0.1, 0.15) is 58.8 Å². The van der Waals surface area contributed by atoms with Crippen molar-refractivity contribution in [3.63, 3.8) is 0 Å². The van der Waals surface area contributed by atoms with Crippen LogP contribution in [0.2, 0.25) is 0 Å². The number of furan rings is 3. The van der Waals surface area contributed by atoms with Crippen molar-refractivity contribution < 1.29 is 18.4 Å². The van der Waals surface area contributed by atoms with Crippen molar-refractivity contribution in [2.75, 3.05) is 31.9 Å². The van der Waals surface area contributed by atoms with Gasteiger partial charge in [-0.05, 0) is 349 Å². The van der Waals surface area contributed by atoms with E-state index in [4.69, 9.17) is 18.4 Å². The first-order chi connectivity index (χ1) is 69.0. The Balaban J connectivity index is 0.000000108. The van der Waals surface area contributed by atoms with Crippen LogP contribution in [0.5, 0.6) is 0 Å². The molecule has 0 aliphatic heterocycles. The monoisotopic (exact) mass is 2280 g/mol. The lowest BCUT2D eigenvalue weighted by molar-refractivity contribution is 0.244. The highest BCUT2D eigenvalue weighted by Crippen LogP contribution is 2.33. The van der Waals surface area contributed by atoms with E-state index in [0.717, 1.165) is 222 Å². The summed E-state index contributed by atoms with van der Waals surface area (Å²) < 4.78 is 21.4. The quantitative estimate of drug-likeness (QED) is 0.0253. The second-order valence-electron chi connectivity index (χ2n) is 31.7. The highest BCUT2D eigenvalue weighted by atomic mass is 79.9. The number of benzene rings is 6. The first-order valence-corrected chi connectivity index (χ1v) is 50.5. The van der Waals surface area contributed by atoms with Gasteiger partial charge >= 0.3 is 0 Å². The van der Waals surface area contributed by atoms with Crippen LogP contribution in [0.15, 0.2) is 349 Å². The van der Waals surface area contributed by atoms with Gasteiger partial charge in [-0.3, -0.25) is 0 Å². The molecule has 0 amide bonds. The van der Waals surface area contributed by atoms with E-state index >= 15 is 0 Å². The molecule has 14 N–H and O–H groups in total. The number of anilines is 6. The third kappa shape index (κ3) is 25.2. The first kappa shape index (κ1) is 95.1. The fourth-order valence-corrected chi connectivity index (χ4v) is 17.8. The van der Waals surface area contributed by atoms with Gasteiger partial charge in [0.15, 0.2) is 33.9 Å². The number of hydrogen-bond donors (Lipinski definition) is 14. The van der Waals surface area contributed by atoms with Crippen molar-refractivity contribution in [2.24, 2.45) is 0 Å². The lowest BCUT2D eigenvalue weighted by atomic mass is 10.2. The van der Waals surface area contributed by atoms with Crippen molar-refractivity contribution in [1.29, 1.82) is 0 Å². The minimum atomic E-state index is -0.0857. The summed E-state index contributed by atoms with van der Waals surface area (Å²) in [4.78, 5) is 81.4. The zero-order valence-corrected chi connectivity index (χ0v) is 85.6. The summed E-state index contributed by atoms with van der Waals surface area (Å²) in [6.45, 7) is 6.26. The highest BCUT2D eigenvalue weighted by molar-refractivity contribution is 9.11. The number of imidazole rings is 7. The van der Waals surface area contributed by atoms with Gasteiger partial charge in [-0.15, -0.1) is 11.3 Å². The second-order valence-corrected chi connectivity index (χ2v) is 39.0. The molecule has 0 unspecified atom stereocenters. The smallest absolute Gasteiger partial charge is 0.178 e. The topological polar surface area (TPSA) is 410 Å². The maximum absolute atomic E-state index is 9.01. The molecule has 141 heavy (non-hydrogen) atoms. The molecule has 0 fully saturated rings. The van der Waals surface area contributed by atoms with Gasteiger partial charge in [-0.2, -0.15) is 11.3 Å². The molecule has 38 heteroatoms. The zero-order chi connectivity index (χ0) is 96.3. The molecule has 0 atom stereocenters. The van der Waals surface area contributed by atoms with Gasteiger partial charge in [-0.1, -0.05) is 6.07 Å². The van der Waals surface area contributed by atoms with Gasteiger partial charge in [-0.25, -0.2) is 64.8 Å². The Labute approximate surface area is 863 Å². The Morgan fingerprint density at radius 1 is 0.326 bits per heavy atom. The van der Waals surface area contributed by atoms with Crippen LogP contribution in [0.25, 0.3) is 135 Å². The molecule has 702 valence electrons. The van der Waals surface area contributed by atoms with E-state index < -0.39 is 0 Å². The lowest BCUT2D eigenvalue weighted by Crippen LogP contribution is -2.01. The number of aryl methyl sites for hydroxylation is 1. The van der Waals surface area contributed by atoms with E-state index in [0.29, 0.717) is 48.0 Å². The maximum atomic E-state index is 9.01. The number of rotatable bonds is 25. The lowest BCUT2D eigenvalue weighted by Gasteiger charge is -2.06. The van der Waals surface area contributed by atoms with Crippen molar-refractivity contribution in [2.45, 2.75) is 52.8 Å². The van der Waals surface area contributed by atoms with E-state index in [9.17, 15) is 0 Å². The summed E-state index contributed by atoms with van der Waals surface area (Å²) in [5.41, 5.74) is 26.7. The van der Waals surface area contributed by atoms with Crippen molar-refractivity contribution in [1.82, 2.24) is 99.7 Å². The number of H-pyrrole nitrogens is 7. The molecule has 0 aliphatic rings. The summed E-state index contributed by atoms with van der Waals surface area (Å²) in [5.74, 6) is 7.12. The third-order valence-electron chi connectivity index (χ3n) is 21.8. The van der Waals surface area contributed by atoms with Crippen LogP contribution in [0.3, 0.4) is 0 Å². The van der Waals surface area contributed by atoms with E-state index in [1.165, 1.54) is 10.4 Å². The second kappa shape index (κ2) is 45.4. The van der Waals surface area contributed by atoms with Crippen LogP contribution in [0, 0.1) is 6.92 Å². The van der Waals surface area contributed by atoms with Gasteiger partial charge in [0, 0.05) is 167 Å². The molecule has 30 nitrogen and oxygen atoms in total. The Bertz CT molecular complexity index is 7570. The number of aliphatic hydroxyl groups excluding tert-OH is 1. The predicted octanol–water partition coefficient (Wildman–Crippen LogP) is 27.4. The average Bonchev–Trinajstić information content (AvgIpc) is 1.69. The molecule has 0 saturated heterocycles. The summed E-state index contributed by atoms with van der Waals surface area (Å²) in [6, 6.07) is 76.4. The summed E-state index contributed by atoms with van der Waals surface area (Å²) >= 11 is 24.0. The van der Waals surface area contributed by atoms with E-state index in [1.54, 1.807) is 91.0 Å². The highest BCUT2D eigenvalue weighted by Gasteiger charge is 2.16. The Hall–Kier alpha value is -14.9. The summed E-state index contributed by atoms with van der Waals surface area (Å²) in [6.07, 6.45) is 17.3. The number of thiophene rings is 2. The fraction of sp³-hybridized carbons (Fsp3) is 0.0777. The van der Waals surface area contributed by atoms with Crippen LogP contribution in [-0.2, 0) is 45.9 Å². The maximum Gasteiger partial charge on any atom is 0.178 e. The largest absolute Gasteiger partial charge is 0.472 e. The fourth-order valence-electron chi connectivity index (χ4n) is 14.5. The molecule has 0 spiro atoms. The van der Waals surface area contributed by atoms with Gasteiger partial charge in [0.25, 0.3) is 0 Å². The predicted molar refractivity (Wildman–Crippen MR) is 580 cm³/mol. The summed E-state index contributed by atoms with van der Waals surface area (Å²) in [7, 11) is 0. The number of aliphatic hydroxyl groups is 1. The zero-order valence-electron chi connectivity index (χ0n) is 74.5. The number of aromatic nitrogens is 20. The van der Waals surface area contributed by atoms with Crippen LogP contribution >= 0.6 is 118 Å². The number of pyridine rings is 6. The molecule has 0 bridgehead atoms. The van der Waals surface area contributed by atoms with Gasteiger partial charge in [0.05, 0.1) is 83.5 Å². The van der Waals surface area contributed by atoms with Crippen LogP contribution < -0.4 is 31.9 Å². The number of nitrogens with one attached hydrogen (secondary N) is 13. The van der Waals surface area contributed by atoms with Crippen LogP contribution in [-0.4, -0.2) is 105 Å². The number of nitrogens with zero attached hydrogens (tertiary/aromatic N) is 13. The van der Waals surface area contributed by atoms with Crippen LogP contribution in [0.1, 0.15) is 44.7 Å². The van der Waals surface area contributed by atoms with E-state index in [-0.39, 0.29) is 6.61 Å². The van der Waals surface area contributed by atoms with Gasteiger partial charge < -0.3 is 85.1 Å². The Morgan fingerprint density at radius 2 is 0.667 bits per heavy atom. The molecule has 24 aromatic rings. The Kier molecular flexibility index (Phi) is 30.6. The average molecular weight is 2290 g/mol. The first-order valence-electron chi connectivity index (χ1n) is 43.9. The van der Waals surface area contributed by atoms with Gasteiger partial charge in [0.2, 0.25) is 0 Å². The van der Waals surface area contributed by atoms with Crippen LogP contribution in [0.4, 0.5) is 34.1 Å². The minimum absolute atomic E-state index is 0.0857.